The van der Waals surface area contributed by atoms with Crippen LogP contribution in [0.4, 0.5) is 0 Å². The Labute approximate surface area is 130 Å². The molecule has 0 N–H and O–H groups in total. The number of hydrogen-bond donors (Lipinski definition) is 0. The van der Waals surface area contributed by atoms with Crippen LogP contribution in [0.25, 0.3) is 0 Å². The summed E-state index contributed by atoms with van der Waals surface area (Å²) in [6.45, 7) is 2.05. The number of thiophene rings is 1. The second kappa shape index (κ2) is 6.16. The summed E-state index contributed by atoms with van der Waals surface area (Å²) in [6.07, 6.45) is 0. The van der Waals surface area contributed by atoms with Gasteiger partial charge in [0.2, 0.25) is 0 Å². The summed E-state index contributed by atoms with van der Waals surface area (Å²) in [5.41, 5.74) is 2.10. The zero-order valence-electron chi connectivity index (χ0n) is 10.9. The molecule has 0 saturated heterocycles. The maximum absolute atomic E-state index is 6.58. The predicted octanol–water partition coefficient (Wildman–Crippen LogP) is 5.16. The minimum Gasteiger partial charge on any atom is -0.497 e. The highest BCUT2D eigenvalue weighted by atomic mass is 79.9. The van der Waals surface area contributed by atoms with Crippen molar-refractivity contribution in [2.45, 2.75) is 12.3 Å². The number of rotatable bonds is 4. The van der Waals surface area contributed by atoms with Crippen LogP contribution in [0.2, 0.25) is 0 Å². The summed E-state index contributed by atoms with van der Waals surface area (Å²) in [7, 11) is 3.28. The molecule has 0 aliphatic heterocycles. The Balaban J connectivity index is 2.44. The summed E-state index contributed by atoms with van der Waals surface area (Å²) in [5.74, 6) is 1.54. The highest BCUT2D eigenvalue weighted by Gasteiger charge is 2.19. The van der Waals surface area contributed by atoms with E-state index in [1.165, 1.54) is 5.56 Å². The van der Waals surface area contributed by atoms with Gasteiger partial charge in [-0.25, -0.2) is 0 Å². The van der Waals surface area contributed by atoms with Crippen LogP contribution in [0.15, 0.2) is 28.1 Å². The van der Waals surface area contributed by atoms with E-state index in [-0.39, 0.29) is 5.38 Å². The van der Waals surface area contributed by atoms with Gasteiger partial charge >= 0.3 is 0 Å². The van der Waals surface area contributed by atoms with Gasteiger partial charge in [0.05, 0.1) is 23.4 Å². The van der Waals surface area contributed by atoms with Crippen LogP contribution >= 0.6 is 38.9 Å². The van der Waals surface area contributed by atoms with E-state index in [0.717, 1.165) is 25.7 Å². The fourth-order valence-electron chi connectivity index (χ4n) is 1.80. The molecule has 1 heterocycles. The molecule has 0 aliphatic carbocycles. The molecule has 0 radical (unpaired) electrons. The fourth-order valence-corrected chi connectivity index (χ4v) is 3.73. The topological polar surface area (TPSA) is 18.5 Å². The van der Waals surface area contributed by atoms with E-state index in [2.05, 4.69) is 28.9 Å². The fraction of sp³-hybridized carbons (Fsp3) is 0.286. The van der Waals surface area contributed by atoms with E-state index < -0.39 is 0 Å². The van der Waals surface area contributed by atoms with Crippen molar-refractivity contribution in [3.8, 4) is 11.5 Å². The first-order valence-electron chi connectivity index (χ1n) is 5.68. The molecule has 0 spiro atoms. The third-order valence-corrected chi connectivity index (χ3v) is 5.64. The van der Waals surface area contributed by atoms with Crippen LogP contribution in [-0.2, 0) is 0 Å². The van der Waals surface area contributed by atoms with Gasteiger partial charge in [-0.1, -0.05) is 0 Å². The van der Waals surface area contributed by atoms with E-state index >= 15 is 0 Å². The molecule has 5 heteroatoms. The molecule has 0 bridgehead atoms. The second-order valence-electron chi connectivity index (χ2n) is 4.08. The third-order valence-electron chi connectivity index (χ3n) is 2.84. The molecular formula is C14H14BrClO2S. The second-order valence-corrected chi connectivity index (χ2v) is 6.91. The van der Waals surface area contributed by atoms with Crippen molar-refractivity contribution in [1.82, 2.24) is 0 Å². The highest BCUT2D eigenvalue weighted by molar-refractivity contribution is 9.11. The molecule has 1 aromatic carbocycles. The molecule has 2 aromatic rings. The van der Waals surface area contributed by atoms with Gasteiger partial charge in [-0.2, -0.15) is 0 Å². The number of hydrogen-bond acceptors (Lipinski definition) is 3. The van der Waals surface area contributed by atoms with Gasteiger partial charge in [-0.15, -0.1) is 22.9 Å². The summed E-state index contributed by atoms with van der Waals surface area (Å²) in [6, 6.07) is 7.74. The molecule has 19 heavy (non-hydrogen) atoms. The van der Waals surface area contributed by atoms with Crippen molar-refractivity contribution in [3.05, 3.63) is 44.1 Å². The molecule has 0 amide bonds. The van der Waals surface area contributed by atoms with E-state index in [0.29, 0.717) is 0 Å². The van der Waals surface area contributed by atoms with E-state index in [1.54, 1.807) is 25.6 Å². The average molecular weight is 362 g/mol. The normalized spacial score (nSPS) is 12.3. The van der Waals surface area contributed by atoms with E-state index in [4.69, 9.17) is 21.1 Å². The Bertz CT molecular complexity index is 563. The predicted molar refractivity (Wildman–Crippen MR) is 84.0 cm³/mol. The largest absolute Gasteiger partial charge is 0.497 e. The van der Waals surface area contributed by atoms with Crippen LogP contribution in [0, 0.1) is 6.92 Å². The van der Waals surface area contributed by atoms with Crippen molar-refractivity contribution in [1.29, 1.82) is 0 Å². The number of ether oxygens (including phenoxy) is 2. The first-order chi connectivity index (χ1) is 9.06. The van der Waals surface area contributed by atoms with Gasteiger partial charge in [0.25, 0.3) is 0 Å². The Morgan fingerprint density at radius 1 is 1.21 bits per heavy atom. The SMILES string of the molecule is COc1ccc(OC)c(C(Cl)c2cc(C)c(Br)s2)c1. The number of alkyl halides is 1. The van der Waals surface area contributed by atoms with Crippen LogP contribution in [0.3, 0.4) is 0 Å². The lowest BCUT2D eigenvalue weighted by molar-refractivity contribution is 0.399. The quantitative estimate of drug-likeness (QED) is 0.700. The number of halogens is 2. The number of benzene rings is 1. The molecule has 1 atom stereocenters. The lowest BCUT2D eigenvalue weighted by Gasteiger charge is -2.14. The maximum Gasteiger partial charge on any atom is 0.124 e. The standard InChI is InChI=1S/C14H14BrClO2S/c1-8-6-12(19-14(8)15)13(16)10-7-9(17-2)4-5-11(10)18-3/h4-7,13H,1-3H3. The van der Waals surface area contributed by atoms with Crippen molar-refractivity contribution in [2.24, 2.45) is 0 Å². The summed E-state index contributed by atoms with van der Waals surface area (Å²) < 4.78 is 11.7. The minimum atomic E-state index is -0.250. The lowest BCUT2D eigenvalue weighted by Crippen LogP contribution is -1.97. The molecule has 2 rings (SSSR count). The monoisotopic (exact) mass is 360 g/mol. The van der Waals surface area contributed by atoms with Crippen molar-refractivity contribution in [2.75, 3.05) is 14.2 Å². The molecule has 1 unspecified atom stereocenters. The van der Waals surface area contributed by atoms with Crippen LogP contribution in [-0.4, -0.2) is 14.2 Å². The Hall–Kier alpha value is -0.710. The zero-order valence-corrected chi connectivity index (χ0v) is 14.0. The van der Waals surface area contributed by atoms with Crippen LogP contribution in [0.1, 0.15) is 21.4 Å². The summed E-state index contributed by atoms with van der Waals surface area (Å²) in [5, 5.41) is -0.250. The molecule has 1 aromatic heterocycles. The molecule has 0 aliphatic rings. The molecule has 2 nitrogen and oxygen atoms in total. The van der Waals surface area contributed by atoms with Crippen LogP contribution in [0.5, 0.6) is 11.5 Å². The summed E-state index contributed by atoms with van der Waals surface area (Å²) >= 11 is 11.7. The number of methoxy groups -OCH3 is 2. The van der Waals surface area contributed by atoms with Gasteiger partial charge in [0, 0.05) is 10.4 Å². The molecule has 0 fully saturated rings. The lowest BCUT2D eigenvalue weighted by atomic mass is 10.1. The van der Waals surface area contributed by atoms with Gasteiger partial charge in [0.15, 0.2) is 0 Å². The third kappa shape index (κ3) is 3.07. The highest BCUT2D eigenvalue weighted by Crippen LogP contribution is 2.42. The van der Waals surface area contributed by atoms with Crippen molar-refractivity contribution >= 4 is 38.9 Å². The molecular weight excluding hydrogens is 348 g/mol. The van der Waals surface area contributed by atoms with Crippen LogP contribution < -0.4 is 9.47 Å². The zero-order chi connectivity index (χ0) is 14.0. The first kappa shape index (κ1) is 14.7. The molecule has 102 valence electrons. The van der Waals surface area contributed by atoms with Gasteiger partial charge in [0.1, 0.15) is 11.5 Å². The van der Waals surface area contributed by atoms with Gasteiger partial charge in [-0.3, -0.25) is 0 Å². The average Bonchev–Trinajstić information content (AvgIpc) is 2.77. The Morgan fingerprint density at radius 3 is 2.47 bits per heavy atom. The van der Waals surface area contributed by atoms with E-state index in [9.17, 15) is 0 Å². The summed E-state index contributed by atoms with van der Waals surface area (Å²) in [4.78, 5) is 1.08. The molecule has 0 saturated carbocycles. The Morgan fingerprint density at radius 2 is 1.95 bits per heavy atom. The first-order valence-corrected chi connectivity index (χ1v) is 7.73. The van der Waals surface area contributed by atoms with Gasteiger partial charge < -0.3 is 9.47 Å². The number of aryl methyl sites for hydroxylation is 1. The van der Waals surface area contributed by atoms with Gasteiger partial charge in [-0.05, 0) is 52.7 Å². The Kier molecular flexibility index (Phi) is 4.76. The smallest absolute Gasteiger partial charge is 0.124 e. The maximum atomic E-state index is 6.58. The van der Waals surface area contributed by atoms with Crippen molar-refractivity contribution in [3.63, 3.8) is 0 Å². The van der Waals surface area contributed by atoms with Crippen molar-refractivity contribution < 1.29 is 9.47 Å². The minimum absolute atomic E-state index is 0.250. The van der Waals surface area contributed by atoms with E-state index in [1.807, 2.05) is 18.2 Å².